The van der Waals surface area contributed by atoms with Gasteiger partial charge in [0, 0.05) is 19.2 Å². The average molecular weight is 254 g/mol. The Morgan fingerprint density at radius 2 is 1.89 bits per heavy atom. The van der Waals surface area contributed by atoms with E-state index in [-0.39, 0.29) is 0 Å². The molecule has 3 nitrogen and oxygen atoms in total. The van der Waals surface area contributed by atoms with Crippen molar-refractivity contribution in [3.63, 3.8) is 0 Å². The molecular formula is C16H18N2O. The lowest BCUT2D eigenvalue weighted by Crippen LogP contribution is -2.16. The van der Waals surface area contributed by atoms with Crippen molar-refractivity contribution in [3.05, 3.63) is 47.7 Å². The van der Waals surface area contributed by atoms with Crippen LogP contribution in [0.15, 0.2) is 45.8 Å². The maximum absolute atomic E-state index is 5.81. The summed E-state index contributed by atoms with van der Waals surface area (Å²) in [6.45, 7) is 4.26. The topological polar surface area (TPSA) is 28.7 Å². The van der Waals surface area contributed by atoms with Crippen LogP contribution in [0.5, 0.6) is 0 Å². The minimum Gasteiger partial charge on any atom is -0.440 e. The molecule has 1 aliphatic rings. The first-order chi connectivity index (χ1) is 9.33. The van der Waals surface area contributed by atoms with Crippen LogP contribution in [-0.2, 0) is 0 Å². The molecule has 19 heavy (non-hydrogen) atoms. The van der Waals surface area contributed by atoms with Crippen molar-refractivity contribution in [1.29, 1.82) is 0 Å². The van der Waals surface area contributed by atoms with E-state index in [0.29, 0.717) is 0 Å². The van der Waals surface area contributed by atoms with E-state index in [9.17, 15) is 0 Å². The quantitative estimate of drug-likeness (QED) is 0.776. The molecule has 2 heterocycles. The second kappa shape index (κ2) is 5.31. The van der Waals surface area contributed by atoms with Gasteiger partial charge in [-0.15, -0.1) is 0 Å². The molecular weight excluding hydrogens is 236 g/mol. The molecule has 3 heteroatoms. The molecule has 0 N–H and O–H groups in total. The average Bonchev–Trinajstić information content (AvgIpc) is 3.09. The molecule has 98 valence electrons. The lowest BCUT2D eigenvalue weighted by Gasteiger charge is -2.12. The van der Waals surface area contributed by atoms with Crippen LogP contribution < -0.4 is 4.90 Å². The maximum atomic E-state index is 5.81. The molecule has 0 atom stereocenters. The second-order valence-corrected chi connectivity index (χ2v) is 4.91. The van der Waals surface area contributed by atoms with Crippen LogP contribution in [0.3, 0.4) is 0 Å². The zero-order valence-electron chi connectivity index (χ0n) is 11.2. The summed E-state index contributed by atoms with van der Waals surface area (Å²) in [7, 11) is 0. The number of rotatable bonds is 3. The Morgan fingerprint density at radius 1 is 1.11 bits per heavy atom. The zero-order chi connectivity index (χ0) is 13.1. The van der Waals surface area contributed by atoms with Gasteiger partial charge in [-0.2, -0.15) is 0 Å². The monoisotopic (exact) mass is 254 g/mol. The molecule has 0 saturated carbocycles. The Balaban J connectivity index is 1.75. The van der Waals surface area contributed by atoms with Gasteiger partial charge in [0.1, 0.15) is 5.76 Å². The first-order valence-electron chi connectivity index (χ1n) is 6.77. The van der Waals surface area contributed by atoms with Gasteiger partial charge in [0.05, 0.1) is 11.9 Å². The summed E-state index contributed by atoms with van der Waals surface area (Å²) in [6, 6.07) is 12.1. The van der Waals surface area contributed by atoms with E-state index in [4.69, 9.17) is 4.42 Å². The highest BCUT2D eigenvalue weighted by Crippen LogP contribution is 2.23. The minimum absolute atomic E-state index is 0.810. The summed E-state index contributed by atoms with van der Waals surface area (Å²) in [5.41, 5.74) is 2.16. The van der Waals surface area contributed by atoms with E-state index in [0.717, 1.165) is 30.4 Å². The van der Waals surface area contributed by atoms with Crippen LogP contribution in [0.25, 0.3) is 0 Å². The number of benzene rings is 1. The number of aliphatic imine (C=N–C) groups is 1. The van der Waals surface area contributed by atoms with Gasteiger partial charge in [0.15, 0.2) is 5.88 Å². The fraction of sp³-hybridized carbons (Fsp3) is 0.312. The number of aryl methyl sites for hydroxylation is 1. The van der Waals surface area contributed by atoms with Gasteiger partial charge in [0.25, 0.3) is 0 Å². The van der Waals surface area contributed by atoms with Gasteiger partial charge in [0.2, 0.25) is 0 Å². The molecule has 0 aliphatic carbocycles. The van der Waals surface area contributed by atoms with Crippen molar-refractivity contribution in [2.45, 2.75) is 19.8 Å². The first kappa shape index (κ1) is 12.0. The number of furan rings is 1. The summed E-state index contributed by atoms with van der Waals surface area (Å²) in [4.78, 5) is 6.76. The molecule has 3 rings (SSSR count). The van der Waals surface area contributed by atoms with Gasteiger partial charge < -0.3 is 9.32 Å². The van der Waals surface area contributed by atoms with Gasteiger partial charge in [-0.1, -0.05) is 18.2 Å². The number of nitrogens with zero attached hydrogens (tertiary/aromatic N) is 2. The van der Waals surface area contributed by atoms with E-state index in [2.05, 4.69) is 22.9 Å². The standard InChI is InChI=1S/C16H18N2O/c1-13-6-2-3-7-15(13)17-12-14-8-9-16(19-14)18-10-4-5-11-18/h2-3,6-9,12H,4-5,10-11H2,1H3. The van der Waals surface area contributed by atoms with Gasteiger partial charge in [-0.05, 0) is 37.5 Å². The fourth-order valence-electron chi connectivity index (χ4n) is 2.36. The molecule has 1 aromatic heterocycles. The van der Waals surface area contributed by atoms with Crippen LogP contribution in [0.2, 0.25) is 0 Å². The van der Waals surface area contributed by atoms with Crippen molar-refractivity contribution in [3.8, 4) is 0 Å². The van der Waals surface area contributed by atoms with Gasteiger partial charge >= 0.3 is 0 Å². The van der Waals surface area contributed by atoms with E-state index in [1.54, 1.807) is 6.21 Å². The highest BCUT2D eigenvalue weighted by atomic mass is 16.4. The molecule has 0 spiro atoms. The highest BCUT2D eigenvalue weighted by Gasteiger charge is 2.14. The predicted molar refractivity (Wildman–Crippen MR) is 78.6 cm³/mol. The minimum atomic E-state index is 0.810. The Labute approximate surface area is 113 Å². The molecule has 1 aromatic carbocycles. The van der Waals surface area contributed by atoms with Crippen molar-refractivity contribution >= 4 is 17.8 Å². The van der Waals surface area contributed by atoms with Crippen molar-refractivity contribution < 1.29 is 4.42 Å². The van der Waals surface area contributed by atoms with Crippen molar-refractivity contribution in [2.24, 2.45) is 4.99 Å². The Kier molecular flexibility index (Phi) is 3.36. The van der Waals surface area contributed by atoms with Crippen LogP contribution in [0, 0.1) is 6.92 Å². The normalized spacial score (nSPS) is 15.5. The van der Waals surface area contributed by atoms with Gasteiger partial charge in [-0.3, -0.25) is 4.99 Å². The summed E-state index contributed by atoms with van der Waals surface area (Å²) in [5.74, 6) is 1.77. The molecule has 1 saturated heterocycles. The molecule has 0 amide bonds. The zero-order valence-corrected chi connectivity index (χ0v) is 11.2. The fourth-order valence-corrected chi connectivity index (χ4v) is 2.36. The van der Waals surface area contributed by atoms with E-state index < -0.39 is 0 Å². The molecule has 0 unspecified atom stereocenters. The lowest BCUT2D eigenvalue weighted by atomic mass is 10.2. The molecule has 1 fully saturated rings. The van der Waals surface area contributed by atoms with E-state index in [1.807, 2.05) is 30.3 Å². The Bertz CT molecular complexity index is 580. The molecule has 2 aromatic rings. The first-order valence-corrected chi connectivity index (χ1v) is 6.77. The number of hydrogen-bond acceptors (Lipinski definition) is 3. The number of para-hydroxylation sites is 1. The Hall–Kier alpha value is -2.03. The summed E-state index contributed by atoms with van der Waals surface area (Å²) >= 11 is 0. The largest absolute Gasteiger partial charge is 0.440 e. The number of anilines is 1. The molecule has 0 radical (unpaired) electrons. The summed E-state index contributed by atoms with van der Waals surface area (Å²) < 4.78 is 5.81. The SMILES string of the molecule is Cc1ccccc1N=Cc1ccc(N2CCCC2)o1. The predicted octanol–water partition coefficient (Wildman–Crippen LogP) is 3.94. The molecule has 1 aliphatic heterocycles. The smallest absolute Gasteiger partial charge is 0.196 e. The highest BCUT2D eigenvalue weighted by molar-refractivity contribution is 5.79. The maximum Gasteiger partial charge on any atom is 0.196 e. The third kappa shape index (κ3) is 2.70. The van der Waals surface area contributed by atoms with E-state index in [1.165, 1.54) is 18.4 Å². The third-order valence-electron chi connectivity index (χ3n) is 3.48. The third-order valence-corrected chi connectivity index (χ3v) is 3.48. The van der Waals surface area contributed by atoms with Crippen molar-refractivity contribution in [2.75, 3.05) is 18.0 Å². The van der Waals surface area contributed by atoms with Crippen LogP contribution in [0.4, 0.5) is 11.6 Å². The summed E-state index contributed by atoms with van der Waals surface area (Å²) in [6.07, 6.45) is 4.31. The number of hydrogen-bond donors (Lipinski definition) is 0. The van der Waals surface area contributed by atoms with E-state index >= 15 is 0 Å². The summed E-state index contributed by atoms with van der Waals surface area (Å²) in [5, 5.41) is 0. The Morgan fingerprint density at radius 3 is 2.68 bits per heavy atom. The van der Waals surface area contributed by atoms with Gasteiger partial charge in [-0.25, -0.2) is 0 Å². The van der Waals surface area contributed by atoms with Crippen LogP contribution in [-0.4, -0.2) is 19.3 Å². The second-order valence-electron chi connectivity index (χ2n) is 4.91. The van der Waals surface area contributed by atoms with Crippen LogP contribution in [0.1, 0.15) is 24.2 Å². The lowest BCUT2D eigenvalue weighted by molar-refractivity contribution is 0.550. The molecule has 0 bridgehead atoms. The van der Waals surface area contributed by atoms with Crippen molar-refractivity contribution in [1.82, 2.24) is 0 Å². The van der Waals surface area contributed by atoms with Crippen LogP contribution >= 0.6 is 0 Å².